The minimum atomic E-state index is -0.324. The van der Waals surface area contributed by atoms with Crippen molar-refractivity contribution in [2.45, 2.75) is 12.3 Å². The second-order valence-corrected chi connectivity index (χ2v) is 13.0. The summed E-state index contributed by atoms with van der Waals surface area (Å²) in [5.74, 6) is 2.21. The molecule has 3 aliphatic rings. The number of hydrogen-bond acceptors (Lipinski definition) is 5. The quantitative estimate of drug-likeness (QED) is 0.207. The SMILES string of the molecule is C1=CC2Oc3c(cccc3C3=NC(c4ccc5c(c4)oc4cc(-n6c7ccccc7c7ccccc76)ccc45)=NC(c4ccccc4)N3)C2=C1. The molecule has 2 unspecified atom stereocenters. The molecule has 11 rings (SSSR count). The second kappa shape index (κ2) is 10.4. The van der Waals surface area contributed by atoms with Crippen molar-refractivity contribution >= 4 is 61.0 Å². The van der Waals surface area contributed by atoms with Gasteiger partial charge in [0.05, 0.1) is 16.6 Å². The summed E-state index contributed by atoms with van der Waals surface area (Å²) in [4.78, 5) is 10.3. The molecule has 2 aromatic heterocycles. The number of fused-ring (bicyclic) bond motifs is 9. The van der Waals surface area contributed by atoms with E-state index in [1.807, 2.05) is 18.2 Å². The maximum atomic E-state index is 6.61. The fourth-order valence-corrected chi connectivity index (χ4v) is 7.78. The molecule has 8 aromatic rings. The van der Waals surface area contributed by atoms with E-state index in [0.29, 0.717) is 5.84 Å². The van der Waals surface area contributed by atoms with Crippen molar-refractivity contribution in [3.05, 3.63) is 174 Å². The van der Waals surface area contributed by atoms with E-state index in [9.17, 15) is 0 Å². The normalized spacial score (nSPS) is 17.8. The average molecular weight is 645 g/mol. The molecule has 0 bridgehead atoms. The molecule has 0 spiro atoms. The highest BCUT2D eigenvalue weighted by molar-refractivity contribution is 6.16. The summed E-state index contributed by atoms with van der Waals surface area (Å²) >= 11 is 0. The number of ether oxygens (including phenoxy) is 1. The number of nitrogens with zero attached hydrogens (tertiary/aromatic N) is 3. The monoisotopic (exact) mass is 644 g/mol. The van der Waals surface area contributed by atoms with Gasteiger partial charge in [0.1, 0.15) is 35.0 Å². The Hall–Kier alpha value is -6.66. The van der Waals surface area contributed by atoms with E-state index in [2.05, 4.69) is 143 Å². The lowest BCUT2D eigenvalue weighted by Crippen LogP contribution is -2.33. The van der Waals surface area contributed by atoms with Crippen LogP contribution in [0.25, 0.3) is 55.0 Å². The molecule has 2 atom stereocenters. The molecular weight excluding hydrogens is 617 g/mol. The Morgan fingerprint density at radius 2 is 1.36 bits per heavy atom. The van der Waals surface area contributed by atoms with Gasteiger partial charge in [-0.05, 0) is 54.1 Å². The van der Waals surface area contributed by atoms with E-state index in [1.54, 1.807) is 0 Å². The number of furan rings is 1. The van der Waals surface area contributed by atoms with Crippen LogP contribution in [-0.4, -0.2) is 22.3 Å². The molecule has 236 valence electrons. The molecule has 6 nitrogen and oxygen atoms in total. The first-order chi connectivity index (χ1) is 24.8. The Kier molecular flexibility index (Phi) is 5.69. The minimum absolute atomic E-state index is 0.0561. The summed E-state index contributed by atoms with van der Waals surface area (Å²) in [5.41, 5.74) is 10.2. The number of aliphatic imine (C=N–C) groups is 2. The van der Waals surface area contributed by atoms with Gasteiger partial charge in [-0.25, -0.2) is 9.98 Å². The molecule has 6 aromatic carbocycles. The van der Waals surface area contributed by atoms with Gasteiger partial charge in [0.15, 0.2) is 5.84 Å². The maximum absolute atomic E-state index is 6.61. The molecule has 4 heterocycles. The first-order valence-electron chi connectivity index (χ1n) is 16.9. The number of para-hydroxylation sites is 3. The maximum Gasteiger partial charge on any atom is 0.159 e. The van der Waals surface area contributed by atoms with Crippen LogP contribution in [0.2, 0.25) is 0 Å². The third-order valence-corrected chi connectivity index (χ3v) is 10.1. The Morgan fingerprint density at radius 1 is 0.640 bits per heavy atom. The van der Waals surface area contributed by atoms with Gasteiger partial charge in [-0.15, -0.1) is 0 Å². The molecule has 0 fully saturated rings. The van der Waals surface area contributed by atoms with Crippen molar-refractivity contribution in [1.82, 2.24) is 9.88 Å². The van der Waals surface area contributed by atoms with Gasteiger partial charge in [-0.3, -0.25) is 0 Å². The van der Waals surface area contributed by atoms with Crippen LogP contribution in [0.1, 0.15) is 28.4 Å². The zero-order chi connectivity index (χ0) is 32.8. The van der Waals surface area contributed by atoms with Crippen molar-refractivity contribution in [3.8, 4) is 11.4 Å². The minimum Gasteiger partial charge on any atom is -0.480 e. The third kappa shape index (κ3) is 4.02. The Labute approximate surface area is 287 Å². The van der Waals surface area contributed by atoms with Crippen molar-refractivity contribution in [3.63, 3.8) is 0 Å². The molecular formula is C44H28N4O2. The highest BCUT2D eigenvalue weighted by Crippen LogP contribution is 2.43. The van der Waals surface area contributed by atoms with Gasteiger partial charge >= 0.3 is 0 Å². The number of nitrogens with one attached hydrogen (secondary N) is 1. The zero-order valence-electron chi connectivity index (χ0n) is 26.7. The fraction of sp³-hybridized carbons (Fsp3) is 0.0455. The van der Waals surface area contributed by atoms with Crippen LogP contribution in [0, 0.1) is 0 Å². The summed E-state index contributed by atoms with van der Waals surface area (Å²) in [6, 6.07) is 46.4. The smallest absolute Gasteiger partial charge is 0.159 e. The van der Waals surface area contributed by atoms with E-state index in [1.165, 1.54) is 27.4 Å². The van der Waals surface area contributed by atoms with Crippen LogP contribution in [0.15, 0.2) is 166 Å². The molecule has 50 heavy (non-hydrogen) atoms. The molecule has 0 amide bonds. The standard InChI is InChI=1S/C44H28N4O2/c1-2-10-26(11-3-1)42-45-43(47-44(46-42)35-16-8-15-34-31-14-9-19-38(31)50-41(34)35)27-20-22-32-33-23-21-28(25-40(33)49-39(32)24-27)48-36-17-6-4-12-29(36)30-13-5-7-18-37(30)48/h1-25,38,42H,(H,45,46,47). The van der Waals surface area contributed by atoms with Crippen LogP contribution >= 0.6 is 0 Å². The summed E-state index contributed by atoms with van der Waals surface area (Å²) in [7, 11) is 0. The lowest BCUT2D eigenvalue weighted by Gasteiger charge is -2.24. The van der Waals surface area contributed by atoms with Crippen molar-refractivity contribution in [2.75, 3.05) is 0 Å². The number of allylic oxidation sites excluding steroid dienone is 2. The largest absolute Gasteiger partial charge is 0.480 e. The van der Waals surface area contributed by atoms with Gasteiger partial charge in [0.25, 0.3) is 0 Å². The molecule has 2 aliphatic heterocycles. The summed E-state index contributed by atoms with van der Waals surface area (Å²) in [6.07, 6.45) is 5.89. The first kappa shape index (κ1) is 27.3. The molecule has 0 radical (unpaired) electrons. The topological polar surface area (TPSA) is 64.0 Å². The van der Waals surface area contributed by atoms with Crippen LogP contribution in [0.5, 0.6) is 5.75 Å². The van der Waals surface area contributed by atoms with Crippen molar-refractivity contribution in [2.24, 2.45) is 9.98 Å². The Bertz CT molecular complexity index is 2780. The van der Waals surface area contributed by atoms with Crippen molar-refractivity contribution in [1.29, 1.82) is 0 Å². The van der Waals surface area contributed by atoms with Crippen LogP contribution < -0.4 is 10.1 Å². The highest BCUT2D eigenvalue weighted by Gasteiger charge is 2.33. The number of aromatic nitrogens is 1. The van der Waals surface area contributed by atoms with Gasteiger partial charge in [-0.1, -0.05) is 97.1 Å². The second-order valence-electron chi connectivity index (χ2n) is 13.0. The highest BCUT2D eigenvalue weighted by atomic mass is 16.5. The van der Waals surface area contributed by atoms with E-state index in [0.717, 1.165) is 61.5 Å². The lowest BCUT2D eigenvalue weighted by atomic mass is 10.0. The van der Waals surface area contributed by atoms with E-state index < -0.39 is 0 Å². The van der Waals surface area contributed by atoms with Crippen LogP contribution in [0.4, 0.5) is 0 Å². The van der Waals surface area contributed by atoms with Crippen LogP contribution in [-0.2, 0) is 0 Å². The molecule has 1 aliphatic carbocycles. The lowest BCUT2D eigenvalue weighted by molar-refractivity contribution is 0.324. The van der Waals surface area contributed by atoms with E-state index in [-0.39, 0.29) is 12.3 Å². The molecule has 0 saturated carbocycles. The first-order valence-corrected chi connectivity index (χ1v) is 16.9. The predicted molar refractivity (Wildman–Crippen MR) is 201 cm³/mol. The molecule has 6 heteroatoms. The van der Waals surface area contributed by atoms with Gasteiger partial charge < -0.3 is 19.0 Å². The summed E-state index contributed by atoms with van der Waals surface area (Å²) < 4.78 is 15.4. The number of hydrogen-bond donors (Lipinski definition) is 1. The summed E-state index contributed by atoms with van der Waals surface area (Å²) in [6.45, 7) is 0. The molecule has 1 N–H and O–H groups in total. The van der Waals surface area contributed by atoms with Crippen LogP contribution in [0.3, 0.4) is 0 Å². The molecule has 0 saturated heterocycles. The number of amidine groups is 2. The fourth-order valence-electron chi connectivity index (χ4n) is 7.78. The number of benzene rings is 6. The zero-order valence-corrected chi connectivity index (χ0v) is 26.7. The van der Waals surface area contributed by atoms with Gasteiger partial charge in [0.2, 0.25) is 0 Å². The predicted octanol–water partition coefficient (Wildman–Crippen LogP) is 9.89. The van der Waals surface area contributed by atoms with Gasteiger partial charge in [-0.2, -0.15) is 0 Å². The van der Waals surface area contributed by atoms with Crippen molar-refractivity contribution < 1.29 is 9.15 Å². The Morgan fingerprint density at radius 3 is 2.18 bits per heavy atom. The Balaban J connectivity index is 1.03. The summed E-state index contributed by atoms with van der Waals surface area (Å²) in [5, 5.41) is 8.20. The van der Waals surface area contributed by atoms with E-state index >= 15 is 0 Å². The van der Waals surface area contributed by atoms with Gasteiger partial charge in [0, 0.05) is 50.0 Å². The van der Waals surface area contributed by atoms with E-state index in [4.69, 9.17) is 19.1 Å². The average Bonchev–Trinajstić information content (AvgIpc) is 3.94. The third-order valence-electron chi connectivity index (χ3n) is 10.1. The number of rotatable bonds is 4.